The van der Waals surface area contributed by atoms with E-state index >= 15 is 0 Å². The monoisotopic (exact) mass is 346 g/mol. The molecule has 0 saturated heterocycles. The van der Waals surface area contributed by atoms with E-state index in [9.17, 15) is 9.90 Å². The molecule has 1 N–H and O–H groups in total. The highest BCUT2D eigenvalue weighted by Gasteiger charge is 2.38. The topological polar surface area (TPSA) is 46.5 Å². The van der Waals surface area contributed by atoms with Crippen LogP contribution in [0.15, 0.2) is 30.3 Å². The van der Waals surface area contributed by atoms with E-state index in [2.05, 4.69) is 45.7 Å². The van der Waals surface area contributed by atoms with E-state index < -0.39 is 14.4 Å². The average Bonchev–Trinajstić information content (AvgIpc) is 2.44. The molecule has 0 unspecified atom stereocenters. The maximum Gasteiger partial charge on any atom is 0.192 e. The Morgan fingerprint density at radius 1 is 1.21 bits per heavy atom. The summed E-state index contributed by atoms with van der Waals surface area (Å²) < 4.78 is 6.18. The molecule has 0 heterocycles. The van der Waals surface area contributed by atoms with Gasteiger partial charge in [0.05, 0.1) is 0 Å². The van der Waals surface area contributed by atoms with Gasteiger partial charge in [-0.05, 0) is 37.2 Å². The average molecular weight is 347 g/mol. The van der Waals surface area contributed by atoms with Crippen molar-refractivity contribution in [3.63, 3.8) is 0 Å². The van der Waals surface area contributed by atoms with Crippen molar-refractivity contribution in [1.82, 2.24) is 0 Å². The largest absolute Gasteiger partial charge is 0.414 e. The first-order valence-electron chi connectivity index (χ1n) is 8.45. The van der Waals surface area contributed by atoms with E-state index in [4.69, 9.17) is 4.43 Å². The Morgan fingerprint density at radius 2 is 1.79 bits per heavy atom. The first-order valence-corrected chi connectivity index (χ1v) is 11.4. The Kier molecular flexibility index (Phi) is 7.41. The molecule has 1 aromatic rings. The molecule has 0 aliphatic heterocycles. The quantitative estimate of drug-likeness (QED) is 0.621. The van der Waals surface area contributed by atoms with E-state index in [1.165, 1.54) is 0 Å². The minimum absolute atomic E-state index is 0.0175. The molecule has 0 aliphatic carbocycles. The second-order valence-electron chi connectivity index (χ2n) is 7.79. The Balaban J connectivity index is 2.50. The van der Waals surface area contributed by atoms with Crippen LogP contribution in [-0.4, -0.2) is 31.4 Å². The minimum atomic E-state index is -1.88. The van der Waals surface area contributed by atoms with Crippen LogP contribution in [0.25, 0.3) is 0 Å². The van der Waals surface area contributed by atoms with Gasteiger partial charge in [0.1, 0.15) is 11.9 Å². The number of hydrogen-bond donors (Lipinski definition) is 1. The van der Waals surface area contributed by atoms with Crippen molar-refractivity contribution >= 4 is 14.1 Å². The number of aliphatic hydroxyl groups excluding tert-OH is 1. The molecular weight excluding hydrogens is 316 g/mol. The summed E-state index contributed by atoms with van der Waals surface area (Å²) in [5, 5.41) is 10.0. The molecule has 0 fully saturated rings. The van der Waals surface area contributed by atoms with Crippen molar-refractivity contribution in [2.24, 2.45) is 0 Å². The van der Waals surface area contributed by atoms with Gasteiger partial charge in [0, 0.05) is 24.5 Å². The first-order chi connectivity index (χ1) is 11.0. The van der Waals surface area contributed by atoms with Crippen molar-refractivity contribution in [3.8, 4) is 11.8 Å². The van der Waals surface area contributed by atoms with Crippen LogP contribution in [0.2, 0.25) is 18.1 Å². The van der Waals surface area contributed by atoms with Gasteiger partial charge in [-0.3, -0.25) is 4.79 Å². The molecule has 0 bridgehead atoms. The van der Waals surface area contributed by atoms with Crippen molar-refractivity contribution in [2.45, 2.75) is 70.9 Å². The van der Waals surface area contributed by atoms with E-state index in [1.807, 2.05) is 37.3 Å². The lowest BCUT2D eigenvalue weighted by Crippen LogP contribution is -2.43. The number of rotatable bonds is 6. The lowest BCUT2D eigenvalue weighted by atomic mass is 10.1. The van der Waals surface area contributed by atoms with Gasteiger partial charge < -0.3 is 9.53 Å². The summed E-state index contributed by atoms with van der Waals surface area (Å²) in [6, 6.07) is 9.44. The third-order valence-corrected chi connectivity index (χ3v) is 9.00. The van der Waals surface area contributed by atoms with Crippen molar-refractivity contribution in [3.05, 3.63) is 35.9 Å². The van der Waals surface area contributed by atoms with Crippen molar-refractivity contribution in [1.29, 1.82) is 0 Å². The lowest BCUT2D eigenvalue weighted by molar-refractivity contribution is -0.121. The van der Waals surface area contributed by atoms with Crippen LogP contribution in [0.5, 0.6) is 0 Å². The normalized spacial score (nSPS) is 14.5. The number of hydrogen-bond acceptors (Lipinski definition) is 3. The van der Waals surface area contributed by atoms with E-state index in [-0.39, 0.29) is 23.3 Å². The zero-order chi connectivity index (χ0) is 18.4. The van der Waals surface area contributed by atoms with Gasteiger partial charge in [-0.1, -0.05) is 50.8 Å². The number of benzene rings is 1. The Morgan fingerprint density at radius 3 is 2.33 bits per heavy atom. The van der Waals surface area contributed by atoms with Crippen LogP contribution in [0.4, 0.5) is 0 Å². The summed E-state index contributed by atoms with van der Waals surface area (Å²) in [4.78, 5) is 12.1. The van der Waals surface area contributed by atoms with Crippen LogP contribution in [0, 0.1) is 11.8 Å². The minimum Gasteiger partial charge on any atom is -0.414 e. The molecule has 0 amide bonds. The summed E-state index contributed by atoms with van der Waals surface area (Å²) in [6.45, 7) is 12.8. The Labute approximate surface area is 147 Å². The summed E-state index contributed by atoms with van der Waals surface area (Å²) >= 11 is 0. The van der Waals surface area contributed by atoms with E-state index in [0.717, 1.165) is 5.56 Å². The molecule has 0 radical (unpaired) electrons. The zero-order valence-corrected chi connectivity index (χ0v) is 16.7. The summed E-state index contributed by atoms with van der Waals surface area (Å²) in [5.74, 6) is 5.60. The van der Waals surface area contributed by atoms with Gasteiger partial charge >= 0.3 is 0 Å². The predicted octanol–water partition coefficient (Wildman–Crippen LogP) is 4.16. The number of aliphatic hydroxyl groups is 1. The lowest BCUT2D eigenvalue weighted by Gasteiger charge is -2.38. The highest BCUT2D eigenvalue weighted by molar-refractivity contribution is 6.74. The zero-order valence-electron chi connectivity index (χ0n) is 15.7. The molecule has 2 atom stereocenters. The first kappa shape index (κ1) is 20.6. The van der Waals surface area contributed by atoms with E-state index in [1.54, 1.807) is 0 Å². The molecule has 132 valence electrons. The van der Waals surface area contributed by atoms with Gasteiger partial charge in [0.2, 0.25) is 0 Å². The highest BCUT2D eigenvalue weighted by Crippen LogP contribution is 2.37. The fourth-order valence-corrected chi connectivity index (χ4v) is 3.52. The van der Waals surface area contributed by atoms with Crippen LogP contribution in [0.1, 0.15) is 46.1 Å². The van der Waals surface area contributed by atoms with Crippen molar-refractivity contribution < 1.29 is 14.3 Å². The molecule has 4 heteroatoms. The van der Waals surface area contributed by atoms with Crippen molar-refractivity contribution in [2.75, 3.05) is 0 Å². The number of Topliss-reactive ketones (excluding diaryl/α,β-unsaturated/α-hetero) is 1. The van der Waals surface area contributed by atoms with Crippen LogP contribution in [0.3, 0.4) is 0 Å². The van der Waals surface area contributed by atoms with Gasteiger partial charge in [0.15, 0.2) is 8.32 Å². The molecule has 3 nitrogen and oxygen atoms in total. The maximum atomic E-state index is 12.1. The third-order valence-electron chi connectivity index (χ3n) is 4.40. The number of ketones is 1. The smallest absolute Gasteiger partial charge is 0.192 e. The standard InChI is InChI=1S/C20H30O3Si/c1-16(23-24(5,6)20(2,3)4)14-19(22)15-18(21)13-12-17-10-8-7-9-11-17/h7-11,16,18,21H,14-15H2,1-6H3/t16-,18+/m0/s1. The molecule has 24 heavy (non-hydrogen) atoms. The Hall–Kier alpha value is -1.41. The summed E-state index contributed by atoms with van der Waals surface area (Å²) in [6.07, 6.45) is -0.702. The fraction of sp³-hybridized carbons (Fsp3) is 0.550. The van der Waals surface area contributed by atoms with Gasteiger partial charge in [-0.2, -0.15) is 0 Å². The fourth-order valence-electron chi connectivity index (χ4n) is 2.08. The molecule has 1 aromatic carbocycles. The second kappa shape index (κ2) is 8.62. The molecule has 0 saturated carbocycles. The maximum absolute atomic E-state index is 12.1. The molecule has 0 aromatic heterocycles. The van der Waals surface area contributed by atoms with Gasteiger partial charge in [-0.15, -0.1) is 0 Å². The molecule has 0 aliphatic rings. The molecule has 1 rings (SSSR count). The van der Waals surface area contributed by atoms with Gasteiger partial charge in [-0.25, -0.2) is 0 Å². The second-order valence-corrected chi connectivity index (χ2v) is 12.5. The molecular formula is C20H30O3Si. The molecule has 0 spiro atoms. The summed E-state index contributed by atoms with van der Waals surface area (Å²) in [5.41, 5.74) is 0.832. The van der Waals surface area contributed by atoms with Crippen LogP contribution >= 0.6 is 0 Å². The number of carbonyl (C=O) groups excluding carboxylic acids is 1. The highest BCUT2D eigenvalue weighted by atomic mass is 28.4. The third kappa shape index (κ3) is 7.00. The SMILES string of the molecule is C[C@@H](CC(=O)C[C@H](O)C#Cc1ccccc1)O[Si](C)(C)C(C)(C)C. The summed E-state index contributed by atoms with van der Waals surface area (Å²) in [7, 11) is -1.88. The van der Waals surface area contributed by atoms with Crippen LogP contribution < -0.4 is 0 Å². The number of carbonyl (C=O) groups is 1. The predicted molar refractivity (Wildman–Crippen MR) is 101 cm³/mol. The van der Waals surface area contributed by atoms with Crippen LogP contribution in [-0.2, 0) is 9.22 Å². The Bertz CT molecular complexity index is 591. The van der Waals surface area contributed by atoms with E-state index in [0.29, 0.717) is 6.42 Å². The van der Waals surface area contributed by atoms with Gasteiger partial charge in [0.25, 0.3) is 0 Å².